The zero-order valence-corrected chi connectivity index (χ0v) is 17.8. The van der Waals surface area contributed by atoms with Crippen molar-refractivity contribution in [2.75, 3.05) is 18.5 Å². The Morgan fingerprint density at radius 2 is 1.90 bits per heavy atom. The van der Waals surface area contributed by atoms with E-state index in [1.165, 1.54) is 0 Å². The number of ether oxygens (including phenoxy) is 1. The largest absolute Gasteiger partial charge is 0.381 e. The number of anilines is 1. The van der Waals surface area contributed by atoms with E-state index in [1.807, 2.05) is 12.1 Å². The Balaban J connectivity index is 1.72. The second kappa shape index (κ2) is 8.71. The Kier molecular flexibility index (Phi) is 6.49. The first kappa shape index (κ1) is 21.6. The third-order valence-electron chi connectivity index (χ3n) is 5.40. The Hall–Kier alpha value is -2.12. The molecule has 2 heterocycles. The molecule has 0 aliphatic carbocycles. The van der Waals surface area contributed by atoms with Crippen LogP contribution in [0, 0.1) is 5.92 Å². The van der Waals surface area contributed by atoms with Crippen LogP contribution in [-0.4, -0.2) is 43.0 Å². The molecule has 8 heteroatoms. The number of nitrogens with one attached hydrogen (secondary N) is 3. The van der Waals surface area contributed by atoms with Gasteiger partial charge in [0.1, 0.15) is 12.1 Å². The summed E-state index contributed by atoms with van der Waals surface area (Å²) in [6.07, 6.45) is 1.51. The molecule has 0 aromatic heterocycles. The maximum atomic E-state index is 13.0. The highest BCUT2D eigenvalue weighted by atomic mass is 35.5. The quantitative estimate of drug-likeness (QED) is 0.636. The van der Waals surface area contributed by atoms with E-state index < -0.39 is 12.1 Å². The molecular weight excluding hydrogens is 394 g/mol. The first-order valence-electron chi connectivity index (χ1n) is 9.93. The molecule has 158 valence electrons. The fraction of sp³-hybridized carbons (Fsp3) is 0.571. The number of rotatable bonds is 5. The average molecular weight is 422 g/mol. The average Bonchev–Trinajstić information content (AvgIpc) is 2.63. The summed E-state index contributed by atoms with van der Waals surface area (Å²) in [6, 6.07) is 4.18. The number of benzene rings is 1. The summed E-state index contributed by atoms with van der Waals surface area (Å²) in [4.78, 5) is 36.6. The number of carbonyl (C=O) groups excluding carboxylic acids is 3. The van der Waals surface area contributed by atoms with Gasteiger partial charge in [0, 0.05) is 23.9 Å². The predicted molar refractivity (Wildman–Crippen MR) is 111 cm³/mol. The van der Waals surface area contributed by atoms with Gasteiger partial charge in [0.15, 0.2) is 0 Å². The fourth-order valence-corrected chi connectivity index (χ4v) is 4.10. The van der Waals surface area contributed by atoms with Crippen LogP contribution in [0.25, 0.3) is 0 Å². The van der Waals surface area contributed by atoms with E-state index in [2.05, 4.69) is 36.7 Å². The minimum atomic E-state index is -0.704. The molecule has 2 saturated heterocycles. The van der Waals surface area contributed by atoms with E-state index >= 15 is 0 Å². The van der Waals surface area contributed by atoms with Crippen molar-refractivity contribution in [1.82, 2.24) is 10.6 Å². The van der Waals surface area contributed by atoms with Crippen LogP contribution in [0.4, 0.5) is 5.69 Å². The summed E-state index contributed by atoms with van der Waals surface area (Å²) in [5.74, 6) is -0.827. The van der Waals surface area contributed by atoms with E-state index in [0.29, 0.717) is 36.8 Å². The molecule has 7 nitrogen and oxygen atoms in total. The highest BCUT2D eigenvalue weighted by Crippen LogP contribution is 2.31. The van der Waals surface area contributed by atoms with Crippen molar-refractivity contribution >= 4 is 35.0 Å². The van der Waals surface area contributed by atoms with Crippen molar-refractivity contribution in [1.29, 1.82) is 0 Å². The molecule has 3 N–H and O–H groups in total. The normalized spacial score (nSPS) is 21.0. The van der Waals surface area contributed by atoms with Crippen LogP contribution in [0.1, 0.15) is 45.6 Å². The molecule has 3 amide bonds. The van der Waals surface area contributed by atoms with Gasteiger partial charge >= 0.3 is 0 Å². The van der Waals surface area contributed by atoms with Crippen LogP contribution >= 0.6 is 11.6 Å². The highest BCUT2D eigenvalue weighted by molar-refractivity contribution is 6.31. The zero-order chi connectivity index (χ0) is 21.2. The van der Waals surface area contributed by atoms with Crippen molar-refractivity contribution in [2.24, 2.45) is 5.92 Å². The van der Waals surface area contributed by atoms with Crippen LogP contribution in [0.5, 0.6) is 0 Å². The van der Waals surface area contributed by atoms with Crippen LogP contribution < -0.4 is 16.0 Å². The lowest BCUT2D eigenvalue weighted by Crippen LogP contribution is -2.61. The SMILES string of the molecule is CC(C)(C)c1ccc(NC(=O)[C@@H](NC(=O)[C@H]2CC(=O)N2)C2CCOCC2)cc1Cl. The Labute approximate surface area is 175 Å². The van der Waals surface area contributed by atoms with Crippen LogP contribution in [-0.2, 0) is 24.5 Å². The van der Waals surface area contributed by atoms with E-state index in [-0.39, 0.29) is 35.5 Å². The highest BCUT2D eigenvalue weighted by Gasteiger charge is 2.37. The third-order valence-corrected chi connectivity index (χ3v) is 5.72. The van der Waals surface area contributed by atoms with Crippen molar-refractivity contribution in [3.63, 3.8) is 0 Å². The van der Waals surface area contributed by atoms with E-state index in [4.69, 9.17) is 16.3 Å². The van der Waals surface area contributed by atoms with Crippen molar-refractivity contribution in [3.8, 4) is 0 Å². The molecule has 0 bridgehead atoms. The minimum absolute atomic E-state index is 0.0344. The zero-order valence-electron chi connectivity index (χ0n) is 17.0. The van der Waals surface area contributed by atoms with Gasteiger partial charge in [0.2, 0.25) is 17.7 Å². The van der Waals surface area contributed by atoms with Gasteiger partial charge in [-0.05, 0) is 41.9 Å². The number of hydrogen-bond donors (Lipinski definition) is 3. The second-order valence-electron chi connectivity index (χ2n) is 8.69. The Bertz CT molecular complexity index is 792. The molecule has 29 heavy (non-hydrogen) atoms. The van der Waals surface area contributed by atoms with Crippen molar-refractivity contribution < 1.29 is 19.1 Å². The number of hydrogen-bond acceptors (Lipinski definition) is 4. The summed E-state index contributed by atoms with van der Waals surface area (Å²) in [7, 11) is 0. The van der Waals surface area contributed by atoms with Gasteiger partial charge in [-0.1, -0.05) is 38.4 Å². The standard InChI is InChI=1S/C21H28ClN3O4/c1-21(2,3)14-5-4-13(10-15(14)22)23-20(28)18(12-6-8-29-9-7-12)25-19(27)16-11-17(26)24-16/h4-5,10,12,16,18H,6-9,11H2,1-3H3,(H,23,28)(H,24,26)(H,25,27)/t16-,18+/m1/s1. The van der Waals surface area contributed by atoms with Gasteiger partial charge in [-0.3, -0.25) is 14.4 Å². The molecule has 3 rings (SSSR count). The monoisotopic (exact) mass is 421 g/mol. The molecule has 1 aromatic carbocycles. The summed E-state index contributed by atoms with van der Waals surface area (Å²) in [5, 5.41) is 8.83. The number of β-lactam (4-membered cyclic amide) rings is 1. The van der Waals surface area contributed by atoms with Crippen LogP contribution in [0.15, 0.2) is 18.2 Å². The molecule has 2 atom stereocenters. The van der Waals surface area contributed by atoms with E-state index in [0.717, 1.165) is 5.56 Å². The van der Waals surface area contributed by atoms with E-state index in [1.54, 1.807) is 6.07 Å². The Morgan fingerprint density at radius 1 is 1.24 bits per heavy atom. The predicted octanol–water partition coefficient (Wildman–Crippen LogP) is 2.38. The van der Waals surface area contributed by atoms with Crippen LogP contribution in [0.3, 0.4) is 0 Å². The lowest BCUT2D eigenvalue weighted by Gasteiger charge is -2.33. The molecule has 0 unspecified atom stereocenters. The molecule has 2 fully saturated rings. The molecule has 0 saturated carbocycles. The first-order valence-corrected chi connectivity index (χ1v) is 10.3. The van der Waals surface area contributed by atoms with Gasteiger partial charge in [0.25, 0.3) is 0 Å². The van der Waals surface area contributed by atoms with Gasteiger partial charge in [-0.15, -0.1) is 0 Å². The van der Waals surface area contributed by atoms with Gasteiger partial charge in [-0.25, -0.2) is 0 Å². The maximum Gasteiger partial charge on any atom is 0.247 e. The topological polar surface area (TPSA) is 96.5 Å². The second-order valence-corrected chi connectivity index (χ2v) is 9.10. The number of carbonyl (C=O) groups is 3. The smallest absolute Gasteiger partial charge is 0.247 e. The first-order chi connectivity index (χ1) is 13.6. The van der Waals surface area contributed by atoms with Crippen molar-refractivity contribution in [3.05, 3.63) is 28.8 Å². The van der Waals surface area contributed by atoms with Crippen LogP contribution in [0.2, 0.25) is 5.02 Å². The number of halogens is 1. The number of amides is 3. The molecule has 1 aromatic rings. The van der Waals surface area contributed by atoms with E-state index in [9.17, 15) is 14.4 Å². The molecule has 0 spiro atoms. The molecular formula is C21H28ClN3O4. The molecule has 2 aliphatic rings. The van der Waals surface area contributed by atoms with Gasteiger partial charge in [0.05, 0.1) is 6.42 Å². The lowest BCUT2D eigenvalue weighted by molar-refractivity contribution is -0.138. The third kappa shape index (κ3) is 5.28. The molecule has 0 radical (unpaired) electrons. The Morgan fingerprint density at radius 3 is 2.45 bits per heavy atom. The summed E-state index contributed by atoms with van der Waals surface area (Å²) >= 11 is 6.41. The fourth-order valence-electron chi connectivity index (χ4n) is 3.64. The summed E-state index contributed by atoms with van der Waals surface area (Å²) < 4.78 is 5.39. The molecule has 2 aliphatic heterocycles. The van der Waals surface area contributed by atoms with Gasteiger partial charge in [-0.2, -0.15) is 0 Å². The lowest BCUT2D eigenvalue weighted by atomic mass is 9.87. The van der Waals surface area contributed by atoms with Gasteiger partial charge < -0.3 is 20.7 Å². The summed E-state index contributed by atoms with van der Waals surface area (Å²) in [5.41, 5.74) is 1.47. The minimum Gasteiger partial charge on any atom is -0.381 e. The maximum absolute atomic E-state index is 13.0. The summed E-state index contributed by atoms with van der Waals surface area (Å²) in [6.45, 7) is 7.32. The van der Waals surface area contributed by atoms with Crippen molar-refractivity contribution in [2.45, 2.75) is 57.5 Å².